The predicted molar refractivity (Wildman–Crippen MR) is 66.6 cm³/mol. The van der Waals surface area contributed by atoms with E-state index in [1.807, 2.05) is 6.07 Å². The Bertz CT molecular complexity index is 537. The first-order valence-corrected chi connectivity index (χ1v) is 5.44. The van der Waals surface area contributed by atoms with Gasteiger partial charge in [0.25, 0.3) is 5.91 Å². The molecule has 0 atom stereocenters. The zero-order valence-corrected chi connectivity index (χ0v) is 10.1. The third-order valence-electron chi connectivity index (χ3n) is 2.41. The normalized spacial score (nSPS) is 14.3. The minimum Gasteiger partial charge on any atom is -0.482 e. The molecule has 6 nitrogen and oxygen atoms in total. The second-order valence-corrected chi connectivity index (χ2v) is 3.91. The predicted octanol–water partition coefficient (Wildman–Crippen LogP) is 0.878. The maximum atomic E-state index is 11.2. The number of anilines is 1. The van der Waals surface area contributed by atoms with Gasteiger partial charge < -0.3 is 10.1 Å². The van der Waals surface area contributed by atoms with Gasteiger partial charge in [-0.3, -0.25) is 9.59 Å². The molecule has 0 bridgehead atoms. The quantitative estimate of drug-likeness (QED) is 0.601. The van der Waals surface area contributed by atoms with Crippen LogP contribution < -0.4 is 15.5 Å². The molecule has 0 fully saturated rings. The number of carbonyl (C=O) groups is 2. The number of hydrazone groups is 1. The highest BCUT2D eigenvalue weighted by atomic mass is 16.5. The standard InChI is InChI=1S/C12H13N3O3/c1-7(14-15-8(2)16)9-3-4-11-10(5-9)13-12(17)6-18-11/h3-5H,6H2,1-2H3,(H,13,17)(H,15,16)/b14-7-. The van der Waals surface area contributed by atoms with Gasteiger partial charge in [0, 0.05) is 6.92 Å². The summed E-state index contributed by atoms with van der Waals surface area (Å²) < 4.78 is 5.25. The van der Waals surface area contributed by atoms with Crippen LogP contribution in [0.1, 0.15) is 19.4 Å². The molecule has 1 aliphatic rings. The lowest BCUT2D eigenvalue weighted by Crippen LogP contribution is -2.25. The highest BCUT2D eigenvalue weighted by Crippen LogP contribution is 2.28. The van der Waals surface area contributed by atoms with Crippen LogP contribution in [0.15, 0.2) is 23.3 Å². The summed E-state index contributed by atoms with van der Waals surface area (Å²) in [6.07, 6.45) is 0. The fraction of sp³-hybridized carbons (Fsp3) is 0.250. The number of amides is 2. The van der Waals surface area contributed by atoms with Crippen molar-refractivity contribution in [1.82, 2.24) is 5.43 Å². The van der Waals surface area contributed by atoms with E-state index < -0.39 is 0 Å². The van der Waals surface area contributed by atoms with Crippen molar-refractivity contribution >= 4 is 23.2 Å². The zero-order chi connectivity index (χ0) is 13.1. The van der Waals surface area contributed by atoms with Crippen LogP contribution in [0.2, 0.25) is 0 Å². The molecule has 0 saturated heterocycles. The summed E-state index contributed by atoms with van der Waals surface area (Å²) in [5.41, 5.74) is 4.42. The molecule has 6 heteroatoms. The Morgan fingerprint density at radius 1 is 1.44 bits per heavy atom. The fourth-order valence-corrected chi connectivity index (χ4v) is 1.54. The summed E-state index contributed by atoms with van der Waals surface area (Å²) in [6.45, 7) is 3.19. The van der Waals surface area contributed by atoms with Gasteiger partial charge >= 0.3 is 0 Å². The van der Waals surface area contributed by atoms with E-state index in [9.17, 15) is 9.59 Å². The molecular weight excluding hydrogens is 234 g/mol. The van der Waals surface area contributed by atoms with Crippen molar-refractivity contribution < 1.29 is 14.3 Å². The molecule has 94 valence electrons. The van der Waals surface area contributed by atoms with E-state index in [0.717, 1.165) is 5.56 Å². The minimum atomic E-state index is -0.232. The number of nitrogens with zero attached hydrogens (tertiary/aromatic N) is 1. The molecule has 0 radical (unpaired) electrons. The molecule has 0 aromatic heterocycles. The van der Waals surface area contributed by atoms with Crippen LogP contribution in [0.5, 0.6) is 5.75 Å². The van der Waals surface area contributed by atoms with Gasteiger partial charge in [0.2, 0.25) is 5.91 Å². The summed E-state index contributed by atoms with van der Waals surface area (Å²) in [4.78, 5) is 22.0. The number of benzene rings is 1. The van der Waals surface area contributed by atoms with Crippen LogP contribution in [-0.2, 0) is 9.59 Å². The lowest BCUT2D eigenvalue weighted by molar-refractivity contribution is -0.119. The molecule has 1 aliphatic heterocycles. The maximum absolute atomic E-state index is 11.2. The zero-order valence-electron chi connectivity index (χ0n) is 10.1. The lowest BCUT2D eigenvalue weighted by atomic mass is 10.1. The van der Waals surface area contributed by atoms with Crippen LogP contribution in [0.3, 0.4) is 0 Å². The highest BCUT2D eigenvalue weighted by Gasteiger charge is 2.16. The number of ether oxygens (including phenoxy) is 1. The average Bonchev–Trinajstić information content (AvgIpc) is 2.34. The number of nitrogens with one attached hydrogen (secondary N) is 2. The van der Waals surface area contributed by atoms with Gasteiger partial charge in [0.15, 0.2) is 6.61 Å². The molecule has 1 aromatic rings. The third kappa shape index (κ3) is 2.65. The van der Waals surface area contributed by atoms with Crippen molar-refractivity contribution in [2.45, 2.75) is 13.8 Å². The van der Waals surface area contributed by atoms with E-state index >= 15 is 0 Å². The number of carbonyl (C=O) groups excluding carboxylic acids is 2. The highest BCUT2D eigenvalue weighted by molar-refractivity contribution is 6.02. The van der Waals surface area contributed by atoms with Gasteiger partial charge in [-0.25, -0.2) is 5.43 Å². The SMILES string of the molecule is CC(=O)N/N=C(/C)c1ccc2c(c1)NC(=O)CO2. The molecule has 1 aromatic carbocycles. The van der Waals surface area contributed by atoms with E-state index in [4.69, 9.17) is 4.74 Å². The van der Waals surface area contributed by atoms with Crippen molar-refractivity contribution in [3.05, 3.63) is 23.8 Å². The molecular formula is C12H13N3O3. The molecule has 2 rings (SSSR count). The van der Waals surface area contributed by atoms with E-state index in [1.54, 1.807) is 19.1 Å². The average molecular weight is 247 g/mol. The topological polar surface area (TPSA) is 79.8 Å². The number of rotatable bonds is 2. The van der Waals surface area contributed by atoms with Crippen molar-refractivity contribution in [1.29, 1.82) is 0 Å². The van der Waals surface area contributed by atoms with E-state index in [2.05, 4.69) is 15.8 Å². The van der Waals surface area contributed by atoms with E-state index in [1.165, 1.54) is 6.92 Å². The van der Waals surface area contributed by atoms with Crippen LogP contribution in [0, 0.1) is 0 Å². The van der Waals surface area contributed by atoms with Crippen LogP contribution in [0.25, 0.3) is 0 Å². The Hall–Kier alpha value is -2.37. The van der Waals surface area contributed by atoms with E-state index in [0.29, 0.717) is 17.1 Å². The van der Waals surface area contributed by atoms with Crippen molar-refractivity contribution in [3.63, 3.8) is 0 Å². The molecule has 18 heavy (non-hydrogen) atoms. The molecule has 0 spiro atoms. The van der Waals surface area contributed by atoms with Gasteiger partial charge in [0.1, 0.15) is 5.75 Å². The van der Waals surface area contributed by atoms with Crippen molar-refractivity contribution in [2.24, 2.45) is 5.10 Å². The fourth-order valence-electron chi connectivity index (χ4n) is 1.54. The Kier molecular flexibility index (Phi) is 3.27. The van der Waals surface area contributed by atoms with Crippen molar-refractivity contribution in [2.75, 3.05) is 11.9 Å². The van der Waals surface area contributed by atoms with Gasteiger partial charge in [0.05, 0.1) is 11.4 Å². The minimum absolute atomic E-state index is 0.0330. The summed E-state index contributed by atoms with van der Waals surface area (Å²) in [5.74, 6) is 0.214. The lowest BCUT2D eigenvalue weighted by Gasteiger charge is -2.18. The number of hydrogen-bond acceptors (Lipinski definition) is 4. The maximum Gasteiger partial charge on any atom is 0.262 e. The first-order valence-electron chi connectivity index (χ1n) is 5.44. The first-order chi connectivity index (χ1) is 8.56. The summed E-state index contributed by atoms with van der Waals surface area (Å²) in [7, 11) is 0. The molecule has 2 N–H and O–H groups in total. The molecule has 1 heterocycles. The van der Waals surface area contributed by atoms with E-state index in [-0.39, 0.29) is 18.4 Å². The third-order valence-corrected chi connectivity index (χ3v) is 2.41. The number of hydrogen-bond donors (Lipinski definition) is 2. The van der Waals surface area contributed by atoms with Gasteiger partial charge in [-0.1, -0.05) is 0 Å². The summed E-state index contributed by atoms with van der Waals surface area (Å²) in [6, 6.07) is 5.33. The van der Waals surface area contributed by atoms with Gasteiger partial charge in [-0.05, 0) is 30.7 Å². The van der Waals surface area contributed by atoms with Crippen molar-refractivity contribution in [3.8, 4) is 5.75 Å². The number of fused-ring (bicyclic) bond motifs is 1. The Morgan fingerprint density at radius 3 is 2.94 bits per heavy atom. The second-order valence-electron chi connectivity index (χ2n) is 3.91. The van der Waals surface area contributed by atoms with Crippen LogP contribution in [-0.4, -0.2) is 24.1 Å². The van der Waals surface area contributed by atoms with Gasteiger partial charge in [-0.15, -0.1) is 0 Å². The Morgan fingerprint density at radius 2 is 2.22 bits per heavy atom. The Balaban J connectivity index is 2.25. The molecule has 2 amide bonds. The monoisotopic (exact) mass is 247 g/mol. The Labute approximate surface area is 104 Å². The summed E-state index contributed by atoms with van der Waals surface area (Å²) >= 11 is 0. The van der Waals surface area contributed by atoms with Crippen LogP contribution in [0.4, 0.5) is 5.69 Å². The molecule has 0 unspecified atom stereocenters. The molecule has 0 saturated carbocycles. The summed E-state index contributed by atoms with van der Waals surface area (Å²) in [5, 5.41) is 6.64. The van der Waals surface area contributed by atoms with Crippen LogP contribution >= 0.6 is 0 Å². The van der Waals surface area contributed by atoms with Gasteiger partial charge in [-0.2, -0.15) is 5.10 Å². The first kappa shape index (κ1) is 12.1. The largest absolute Gasteiger partial charge is 0.482 e. The second kappa shape index (κ2) is 4.87. The molecule has 0 aliphatic carbocycles. The smallest absolute Gasteiger partial charge is 0.262 e.